The van der Waals surface area contributed by atoms with Gasteiger partial charge < -0.3 is 5.73 Å². The van der Waals surface area contributed by atoms with Crippen molar-refractivity contribution in [2.45, 2.75) is 16.0 Å². The highest BCUT2D eigenvalue weighted by atomic mass is 32.2. The van der Waals surface area contributed by atoms with Crippen molar-refractivity contribution in [1.82, 2.24) is 9.97 Å². The van der Waals surface area contributed by atoms with E-state index in [2.05, 4.69) is 9.97 Å². The zero-order valence-corrected chi connectivity index (χ0v) is 9.79. The van der Waals surface area contributed by atoms with Crippen molar-refractivity contribution in [3.8, 4) is 0 Å². The van der Waals surface area contributed by atoms with Crippen LogP contribution in [0.15, 0.2) is 46.6 Å². The zero-order valence-electron chi connectivity index (χ0n) is 8.98. The smallest absolute Gasteiger partial charge is 0.397 e. The third kappa shape index (κ3) is 2.92. The van der Waals surface area contributed by atoms with E-state index >= 15 is 0 Å². The predicted octanol–water partition coefficient (Wildman–Crippen LogP) is 3.23. The van der Waals surface area contributed by atoms with Crippen LogP contribution in [0.3, 0.4) is 0 Å². The fourth-order valence-corrected chi connectivity index (χ4v) is 2.08. The van der Waals surface area contributed by atoms with Crippen LogP contribution in [0.1, 0.15) is 5.69 Å². The van der Waals surface area contributed by atoms with Gasteiger partial charge in [-0.15, -0.1) is 0 Å². The van der Waals surface area contributed by atoms with Gasteiger partial charge in [-0.25, -0.2) is 4.98 Å². The summed E-state index contributed by atoms with van der Waals surface area (Å²) in [6.07, 6.45) is -0.331. The molecule has 0 spiro atoms. The molecule has 7 heteroatoms. The molecular formula is C11H8F3N3S. The lowest BCUT2D eigenvalue weighted by atomic mass is 10.3. The van der Waals surface area contributed by atoms with Crippen LogP contribution >= 0.6 is 11.8 Å². The Balaban J connectivity index is 2.33. The maximum absolute atomic E-state index is 12.5. The van der Waals surface area contributed by atoms with Crippen molar-refractivity contribution < 1.29 is 13.2 Å². The second-order valence-electron chi connectivity index (χ2n) is 3.39. The number of hydrogen-bond acceptors (Lipinski definition) is 4. The number of hydrogen-bond donors (Lipinski definition) is 1. The molecule has 0 atom stereocenters. The molecule has 94 valence electrons. The van der Waals surface area contributed by atoms with Gasteiger partial charge in [-0.1, -0.05) is 11.8 Å². The van der Waals surface area contributed by atoms with E-state index in [0.29, 0.717) is 4.90 Å². The van der Waals surface area contributed by atoms with Gasteiger partial charge in [0.15, 0.2) is 0 Å². The van der Waals surface area contributed by atoms with Gasteiger partial charge >= 0.3 is 6.18 Å². The Labute approximate surface area is 105 Å². The molecule has 0 saturated heterocycles. The van der Waals surface area contributed by atoms with E-state index in [1.807, 2.05) is 0 Å². The number of anilines is 1. The molecule has 0 bridgehead atoms. The summed E-state index contributed by atoms with van der Waals surface area (Å²) in [6, 6.07) is 4.33. The highest BCUT2D eigenvalue weighted by Gasteiger charge is 2.32. The lowest BCUT2D eigenvalue weighted by molar-refractivity contribution is -0.141. The third-order valence-electron chi connectivity index (χ3n) is 2.06. The van der Waals surface area contributed by atoms with E-state index in [1.165, 1.54) is 0 Å². The number of nitrogens with zero attached hydrogens (tertiary/aromatic N) is 2. The van der Waals surface area contributed by atoms with Crippen LogP contribution in [0.25, 0.3) is 0 Å². The summed E-state index contributed by atoms with van der Waals surface area (Å²) < 4.78 is 37.5. The summed E-state index contributed by atoms with van der Waals surface area (Å²) in [5.41, 5.74) is 4.88. The first-order valence-electron chi connectivity index (χ1n) is 4.87. The SMILES string of the molecule is Nc1cnc(C(F)(F)F)cc1Sc1ccncc1. The van der Waals surface area contributed by atoms with E-state index in [-0.39, 0.29) is 5.69 Å². The van der Waals surface area contributed by atoms with E-state index in [0.717, 1.165) is 28.9 Å². The van der Waals surface area contributed by atoms with Gasteiger partial charge in [-0.3, -0.25) is 4.98 Å². The van der Waals surface area contributed by atoms with Crippen LogP contribution in [0.4, 0.5) is 18.9 Å². The van der Waals surface area contributed by atoms with Crippen molar-refractivity contribution in [3.63, 3.8) is 0 Å². The fraction of sp³-hybridized carbons (Fsp3) is 0.0909. The topological polar surface area (TPSA) is 51.8 Å². The largest absolute Gasteiger partial charge is 0.433 e. The number of nitrogen functional groups attached to an aromatic ring is 1. The first-order chi connectivity index (χ1) is 8.47. The minimum absolute atomic E-state index is 0.213. The molecule has 0 amide bonds. The van der Waals surface area contributed by atoms with Crippen molar-refractivity contribution in [1.29, 1.82) is 0 Å². The van der Waals surface area contributed by atoms with Gasteiger partial charge in [0.25, 0.3) is 0 Å². The number of halogens is 3. The molecule has 2 rings (SSSR count). The molecule has 0 fully saturated rings. The average molecular weight is 271 g/mol. The number of aromatic nitrogens is 2. The van der Waals surface area contributed by atoms with E-state index < -0.39 is 11.9 Å². The van der Waals surface area contributed by atoms with Gasteiger partial charge in [0.05, 0.1) is 11.9 Å². The second-order valence-corrected chi connectivity index (χ2v) is 4.51. The summed E-state index contributed by atoms with van der Waals surface area (Å²) in [5, 5.41) is 0. The summed E-state index contributed by atoms with van der Waals surface area (Å²) in [4.78, 5) is 8.19. The molecule has 0 saturated carbocycles. The van der Waals surface area contributed by atoms with Crippen LogP contribution in [0.5, 0.6) is 0 Å². The van der Waals surface area contributed by atoms with Crippen LogP contribution in [0, 0.1) is 0 Å². The minimum Gasteiger partial charge on any atom is -0.397 e. The van der Waals surface area contributed by atoms with Crippen LogP contribution < -0.4 is 5.73 Å². The van der Waals surface area contributed by atoms with Gasteiger partial charge in [-0.2, -0.15) is 13.2 Å². The molecule has 0 aromatic carbocycles. The maximum Gasteiger partial charge on any atom is 0.433 e. The second kappa shape index (κ2) is 4.85. The Kier molecular flexibility index (Phi) is 3.42. The Bertz CT molecular complexity index is 543. The van der Waals surface area contributed by atoms with Gasteiger partial charge in [0.1, 0.15) is 5.69 Å². The van der Waals surface area contributed by atoms with Gasteiger partial charge in [0, 0.05) is 22.2 Å². The Morgan fingerprint density at radius 1 is 1.17 bits per heavy atom. The normalized spacial score (nSPS) is 11.5. The standard InChI is InChI=1S/C11H8F3N3S/c12-11(13,14)10-5-9(8(15)6-17-10)18-7-1-3-16-4-2-7/h1-6H,15H2. The van der Waals surface area contributed by atoms with Crippen LogP contribution in [-0.4, -0.2) is 9.97 Å². The van der Waals surface area contributed by atoms with E-state index in [4.69, 9.17) is 5.73 Å². The number of rotatable bonds is 2. The Morgan fingerprint density at radius 3 is 2.44 bits per heavy atom. The fourth-order valence-electron chi connectivity index (χ4n) is 1.22. The number of alkyl halides is 3. The molecule has 2 aromatic rings. The molecule has 0 unspecified atom stereocenters. The number of nitrogens with two attached hydrogens (primary N) is 1. The van der Waals surface area contributed by atoms with E-state index in [9.17, 15) is 13.2 Å². The molecule has 0 aliphatic carbocycles. The quantitative estimate of drug-likeness (QED) is 0.911. The minimum atomic E-state index is -4.47. The molecular weight excluding hydrogens is 263 g/mol. The van der Waals surface area contributed by atoms with Gasteiger partial charge in [0.2, 0.25) is 0 Å². The first-order valence-corrected chi connectivity index (χ1v) is 5.69. The van der Waals surface area contributed by atoms with Crippen LogP contribution in [-0.2, 0) is 6.18 Å². The molecule has 0 aliphatic rings. The lowest BCUT2D eigenvalue weighted by Crippen LogP contribution is -2.08. The Hall–Kier alpha value is -1.76. The summed E-state index contributed by atoms with van der Waals surface area (Å²) in [7, 11) is 0. The van der Waals surface area contributed by atoms with Crippen molar-refractivity contribution in [3.05, 3.63) is 42.5 Å². The molecule has 0 radical (unpaired) electrons. The summed E-state index contributed by atoms with van der Waals surface area (Å²) >= 11 is 1.14. The average Bonchev–Trinajstić information content (AvgIpc) is 2.32. The predicted molar refractivity (Wildman–Crippen MR) is 62.0 cm³/mol. The van der Waals surface area contributed by atoms with Crippen molar-refractivity contribution in [2.75, 3.05) is 5.73 Å². The third-order valence-corrected chi connectivity index (χ3v) is 3.14. The zero-order chi connectivity index (χ0) is 13.2. The van der Waals surface area contributed by atoms with Crippen molar-refractivity contribution in [2.24, 2.45) is 0 Å². The Morgan fingerprint density at radius 2 is 1.83 bits per heavy atom. The molecule has 2 heterocycles. The monoisotopic (exact) mass is 271 g/mol. The molecule has 3 nitrogen and oxygen atoms in total. The molecule has 0 aliphatic heterocycles. The summed E-state index contributed by atoms with van der Waals surface area (Å²) in [5.74, 6) is 0. The van der Waals surface area contributed by atoms with Gasteiger partial charge in [-0.05, 0) is 18.2 Å². The molecule has 2 N–H and O–H groups in total. The van der Waals surface area contributed by atoms with Crippen molar-refractivity contribution >= 4 is 17.4 Å². The molecule has 2 aromatic heterocycles. The first kappa shape index (κ1) is 12.7. The summed E-state index contributed by atoms with van der Waals surface area (Å²) in [6.45, 7) is 0. The molecule has 18 heavy (non-hydrogen) atoms. The lowest BCUT2D eigenvalue weighted by Gasteiger charge is -2.09. The van der Waals surface area contributed by atoms with E-state index in [1.54, 1.807) is 24.5 Å². The maximum atomic E-state index is 12.5. The highest BCUT2D eigenvalue weighted by Crippen LogP contribution is 2.35. The number of pyridine rings is 2. The van der Waals surface area contributed by atoms with Crippen LogP contribution in [0.2, 0.25) is 0 Å². The highest BCUT2D eigenvalue weighted by molar-refractivity contribution is 7.99.